The van der Waals surface area contributed by atoms with E-state index in [0.717, 1.165) is 47.2 Å². The number of hydrogen-bond acceptors (Lipinski definition) is 2. The number of halogens is 1. The predicted molar refractivity (Wildman–Crippen MR) is 99.5 cm³/mol. The monoisotopic (exact) mass is 382 g/mol. The Morgan fingerprint density at radius 3 is 2.79 bits per heavy atom. The van der Waals surface area contributed by atoms with Crippen LogP contribution in [0.1, 0.15) is 52.9 Å². The fourth-order valence-electron chi connectivity index (χ4n) is 3.68. The maximum absolute atomic E-state index is 13.1. The molecule has 2 aromatic carbocycles. The summed E-state index contributed by atoms with van der Waals surface area (Å²) in [5, 5.41) is 0. The van der Waals surface area contributed by atoms with Crippen LogP contribution in [0.5, 0.6) is 0 Å². The van der Waals surface area contributed by atoms with Gasteiger partial charge in [-0.15, -0.1) is 0 Å². The summed E-state index contributed by atoms with van der Waals surface area (Å²) in [7, 11) is 0. The van der Waals surface area contributed by atoms with Crippen LogP contribution < -0.4 is 0 Å². The average molecular weight is 383 g/mol. The fraction of sp³-hybridized carbons (Fsp3) is 0.300. The molecule has 0 saturated carbocycles. The van der Waals surface area contributed by atoms with Crippen molar-refractivity contribution in [3.05, 3.63) is 69.2 Å². The van der Waals surface area contributed by atoms with E-state index in [9.17, 15) is 4.79 Å². The number of benzene rings is 2. The Labute approximate surface area is 150 Å². The predicted octanol–water partition coefficient (Wildman–Crippen LogP) is 4.75. The van der Waals surface area contributed by atoms with Crippen LogP contribution in [0.4, 0.5) is 0 Å². The van der Waals surface area contributed by atoms with E-state index < -0.39 is 0 Å². The maximum atomic E-state index is 13.1. The number of hydrogen-bond donors (Lipinski definition) is 0. The van der Waals surface area contributed by atoms with Crippen LogP contribution in [0.3, 0.4) is 0 Å². The standard InChI is InChI=1S/C20H19BrN2O/c1-13-18-11-15(4-5-16(18)12-22-13)20(24)23-10-2-3-19(23)14-6-8-17(21)9-7-14/h4-9,11,19H,2-3,10,12H2,1H3/t19-/m1/s1. The lowest BCUT2D eigenvalue weighted by molar-refractivity contribution is 0.0735. The van der Waals surface area contributed by atoms with Crippen molar-refractivity contribution >= 4 is 27.5 Å². The van der Waals surface area contributed by atoms with E-state index in [0.29, 0.717) is 0 Å². The second-order valence-electron chi connectivity index (χ2n) is 6.48. The second-order valence-corrected chi connectivity index (χ2v) is 7.40. The van der Waals surface area contributed by atoms with E-state index in [1.54, 1.807) is 0 Å². The molecule has 4 heteroatoms. The van der Waals surface area contributed by atoms with Crippen LogP contribution in [-0.4, -0.2) is 23.1 Å². The SMILES string of the molecule is CC1=NCc2ccc(C(=O)N3CCC[C@@H]3c3ccc(Br)cc3)cc21. The van der Waals surface area contributed by atoms with Crippen LogP contribution in [0.15, 0.2) is 51.9 Å². The minimum absolute atomic E-state index is 0.128. The summed E-state index contributed by atoms with van der Waals surface area (Å²) in [6.45, 7) is 3.57. The van der Waals surface area contributed by atoms with Crippen molar-refractivity contribution < 1.29 is 4.79 Å². The van der Waals surface area contributed by atoms with E-state index >= 15 is 0 Å². The van der Waals surface area contributed by atoms with Crippen molar-refractivity contribution in [1.29, 1.82) is 0 Å². The van der Waals surface area contributed by atoms with E-state index in [1.165, 1.54) is 11.1 Å². The molecule has 0 aliphatic carbocycles. The topological polar surface area (TPSA) is 32.7 Å². The normalized spacial score (nSPS) is 19.3. The van der Waals surface area contributed by atoms with Crippen LogP contribution in [0.25, 0.3) is 0 Å². The van der Waals surface area contributed by atoms with Crippen molar-refractivity contribution in [2.45, 2.75) is 32.4 Å². The van der Waals surface area contributed by atoms with Gasteiger partial charge in [0, 0.05) is 27.9 Å². The third kappa shape index (κ3) is 2.69. The summed E-state index contributed by atoms with van der Waals surface area (Å²) in [4.78, 5) is 19.6. The Morgan fingerprint density at radius 1 is 1.21 bits per heavy atom. The molecule has 2 aromatic rings. The van der Waals surface area contributed by atoms with Gasteiger partial charge in [0.15, 0.2) is 0 Å². The van der Waals surface area contributed by atoms with Gasteiger partial charge in [-0.2, -0.15) is 0 Å². The first kappa shape index (κ1) is 15.6. The van der Waals surface area contributed by atoms with Crippen LogP contribution in [0.2, 0.25) is 0 Å². The Kier molecular flexibility index (Phi) is 4.01. The van der Waals surface area contributed by atoms with E-state index in [2.05, 4.69) is 33.1 Å². The molecule has 1 atom stereocenters. The Morgan fingerprint density at radius 2 is 2.00 bits per heavy atom. The summed E-state index contributed by atoms with van der Waals surface area (Å²) in [5.41, 5.74) is 5.36. The van der Waals surface area contributed by atoms with Gasteiger partial charge in [0.05, 0.1) is 12.6 Å². The van der Waals surface area contributed by atoms with Crippen molar-refractivity contribution in [3.63, 3.8) is 0 Å². The molecule has 0 unspecified atom stereocenters. The molecule has 0 bridgehead atoms. The summed E-state index contributed by atoms with van der Waals surface area (Å²) in [6, 6.07) is 14.5. The van der Waals surface area contributed by atoms with Gasteiger partial charge in [-0.3, -0.25) is 9.79 Å². The lowest BCUT2D eigenvalue weighted by Gasteiger charge is -2.25. The number of aliphatic imine (C=N–C) groups is 1. The molecule has 24 heavy (non-hydrogen) atoms. The van der Waals surface area contributed by atoms with Gasteiger partial charge in [0.25, 0.3) is 5.91 Å². The zero-order valence-corrected chi connectivity index (χ0v) is 15.2. The largest absolute Gasteiger partial charge is 0.332 e. The number of carbonyl (C=O) groups excluding carboxylic acids is 1. The summed E-state index contributed by atoms with van der Waals surface area (Å²) >= 11 is 3.48. The number of rotatable bonds is 2. The zero-order valence-electron chi connectivity index (χ0n) is 13.6. The third-order valence-electron chi connectivity index (χ3n) is 5.00. The van der Waals surface area contributed by atoms with E-state index in [4.69, 9.17) is 0 Å². The lowest BCUT2D eigenvalue weighted by atomic mass is 10.0. The molecule has 2 aliphatic heterocycles. The molecule has 122 valence electrons. The minimum Gasteiger partial charge on any atom is -0.332 e. The highest BCUT2D eigenvalue weighted by atomic mass is 79.9. The number of likely N-dealkylation sites (tertiary alicyclic amines) is 1. The fourth-order valence-corrected chi connectivity index (χ4v) is 3.94. The quantitative estimate of drug-likeness (QED) is 0.737. The van der Waals surface area contributed by atoms with Gasteiger partial charge in [-0.25, -0.2) is 0 Å². The Hall–Kier alpha value is -1.94. The molecule has 1 fully saturated rings. The van der Waals surface area contributed by atoms with Crippen LogP contribution in [0, 0.1) is 0 Å². The number of carbonyl (C=O) groups is 1. The van der Waals surface area contributed by atoms with E-state index in [1.807, 2.05) is 42.2 Å². The first-order valence-electron chi connectivity index (χ1n) is 8.34. The highest BCUT2D eigenvalue weighted by molar-refractivity contribution is 9.10. The van der Waals surface area contributed by atoms with Crippen molar-refractivity contribution in [2.24, 2.45) is 4.99 Å². The van der Waals surface area contributed by atoms with Gasteiger partial charge in [-0.05, 0) is 55.2 Å². The molecular formula is C20H19BrN2O. The maximum Gasteiger partial charge on any atom is 0.254 e. The summed E-state index contributed by atoms with van der Waals surface area (Å²) in [6.07, 6.45) is 2.08. The van der Waals surface area contributed by atoms with Crippen LogP contribution in [-0.2, 0) is 6.54 Å². The molecular weight excluding hydrogens is 364 g/mol. The molecule has 0 radical (unpaired) electrons. The van der Waals surface area contributed by atoms with Gasteiger partial charge in [-0.1, -0.05) is 34.1 Å². The average Bonchev–Trinajstić information content (AvgIpc) is 3.22. The number of fused-ring (bicyclic) bond motifs is 1. The minimum atomic E-state index is 0.128. The van der Waals surface area contributed by atoms with Crippen LogP contribution >= 0.6 is 15.9 Å². The summed E-state index contributed by atoms with van der Waals surface area (Å²) < 4.78 is 1.07. The zero-order chi connectivity index (χ0) is 16.7. The number of amides is 1. The summed E-state index contributed by atoms with van der Waals surface area (Å²) in [5.74, 6) is 0.128. The second kappa shape index (κ2) is 6.17. The molecule has 0 aromatic heterocycles. The molecule has 2 heterocycles. The molecule has 0 N–H and O–H groups in total. The molecule has 2 aliphatic rings. The molecule has 4 rings (SSSR count). The van der Waals surface area contributed by atoms with Gasteiger partial charge < -0.3 is 4.90 Å². The molecule has 0 spiro atoms. The third-order valence-corrected chi connectivity index (χ3v) is 5.53. The first-order valence-corrected chi connectivity index (χ1v) is 9.13. The number of nitrogens with zero attached hydrogens (tertiary/aromatic N) is 2. The smallest absolute Gasteiger partial charge is 0.254 e. The van der Waals surface area contributed by atoms with Gasteiger partial charge in [0.2, 0.25) is 0 Å². The van der Waals surface area contributed by atoms with E-state index in [-0.39, 0.29) is 11.9 Å². The van der Waals surface area contributed by atoms with Crippen molar-refractivity contribution in [3.8, 4) is 0 Å². The van der Waals surface area contributed by atoms with Crippen molar-refractivity contribution in [1.82, 2.24) is 4.90 Å². The molecule has 3 nitrogen and oxygen atoms in total. The first-order chi connectivity index (χ1) is 11.6. The molecule has 1 amide bonds. The highest BCUT2D eigenvalue weighted by Crippen LogP contribution is 2.34. The van der Waals surface area contributed by atoms with Crippen molar-refractivity contribution in [2.75, 3.05) is 6.54 Å². The molecule has 1 saturated heterocycles. The van der Waals surface area contributed by atoms with Gasteiger partial charge >= 0.3 is 0 Å². The highest BCUT2D eigenvalue weighted by Gasteiger charge is 2.31. The lowest BCUT2D eigenvalue weighted by Crippen LogP contribution is -2.30. The Balaban J connectivity index is 1.63. The van der Waals surface area contributed by atoms with Gasteiger partial charge in [0.1, 0.15) is 0 Å². The Bertz CT molecular complexity index is 826.